The predicted molar refractivity (Wildman–Crippen MR) is 104 cm³/mol. The van der Waals surface area contributed by atoms with Gasteiger partial charge in [-0.05, 0) is 6.42 Å². The zero-order chi connectivity index (χ0) is 14.6. The normalized spacial score (nSPS) is 12.8. The Bertz CT molecular complexity index is 368. The van der Waals surface area contributed by atoms with Crippen LogP contribution in [-0.4, -0.2) is 24.0 Å². The highest BCUT2D eigenvalue weighted by Gasteiger charge is 2.06. The van der Waals surface area contributed by atoms with Crippen molar-refractivity contribution in [1.29, 1.82) is 0 Å². The summed E-state index contributed by atoms with van der Waals surface area (Å²) >= 11 is 1.67. The van der Waals surface area contributed by atoms with E-state index in [0.29, 0.717) is 18.4 Å². The lowest BCUT2D eigenvalue weighted by molar-refractivity contribution is 0.601. The molecular formula is C15H29IN4S. The molecule has 4 nitrogen and oxygen atoms in total. The number of thiazole rings is 1. The van der Waals surface area contributed by atoms with Crippen LogP contribution in [-0.2, 0) is 0 Å². The number of unbranched alkanes of at least 4 members (excludes halogenated alkanes) is 5. The number of nitrogens with zero attached hydrogens (tertiary/aromatic N) is 2. The Balaban J connectivity index is 0.00000400. The lowest BCUT2D eigenvalue weighted by Gasteiger charge is -2.08. The molecular weight excluding hydrogens is 395 g/mol. The summed E-state index contributed by atoms with van der Waals surface area (Å²) in [6.07, 6.45) is 9.61. The number of aliphatic imine (C=N–C) groups is 1. The first-order chi connectivity index (χ1) is 9.74. The van der Waals surface area contributed by atoms with Crippen LogP contribution in [0.3, 0.4) is 0 Å². The number of guanidine groups is 1. The van der Waals surface area contributed by atoms with Crippen molar-refractivity contribution in [3.8, 4) is 0 Å². The SMILES string of the molecule is CCCCCCCCNC(N)=NCC(C)c1nccs1.I. The quantitative estimate of drug-likeness (QED) is 0.257. The lowest BCUT2D eigenvalue weighted by Crippen LogP contribution is -2.32. The van der Waals surface area contributed by atoms with E-state index in [2.05, 4.69) is 29.1 Å². The number of hydrogen-bond acceptors (Lipinski definition) is 3. The summed E-state index contributed by atoms with van der Waals surface area (Å²) in [5.74, 6) is 0.895. The molecule has 1 atom stereocenters. The van der Waals surface area contributed by atoms with Gasteiger partial charge in [0.25, 0.3) is 0 Å². The molecule has 21 heavy (non-hydrogen) atoms. The molecule has 0 aliphatic carbocycles. The van der Waals surface area contributed by atoms with Gasteiger partial charge >= 0.3 is 0 Å². The van der Waals surface area contributed by atoms with Gasteiger partial charge in [-0.25, -0.2) is 4.98 Å². The molecule has 0 saturated heterocycles. The summed E-state index contributed by atoms with van der Waals surface area (Å²) < 4.78 is 0. The first-order valence-electron chi connectivity index (χ1n) is 7.67. The van der Waals surface area contributed by atoms with Crippen molar-refractivity contribution >= 4 is 41.3 Å². The molecule has 0 spiro atoms. The second-order valence-electron chi connectivity index (χ2n) is 5.19. The fraction of sp³-hybridized carbons (Fsp3) is 0.733. The molecule has 0 saturated carbocycles. The average molecular weight is 424 g/mol. The van der Waals surface area contributed by atoms with E-state index in [-0.39, 0.29) is 24.0 Å². The lowest BCUT2D eigenvalue weighted by atomic mass is 10.1. The molecule has 3 N–H and O–H groups in total. The van der Waals surface area contributed by atoms with Gasteiger partial charge in [-0.1, -0.05) is 46.0 Å². The van der Waals surface area contributed by atoms with Gasteiger partial charge in [-0.2, -0.15) is 0 Å². The molecule has 0 bridgehead atoms. The van der Waals surface area contributed by atoms with Crippen molar-refractivity contribution in [3.63, 3.8) is 0 Å². The molecule has 0 amide bonds. The maximum Gasteiger partial charge on any atom is 0.188 e. The second-order valence-corrected chi connectivity index (χ2v) is 6.12. The zero-order valence-electron chi connectivity index (χ0n) is 13.2. The molecule has 0 radical (unpaired) electrons. The fourth-order valence-electron chi connectivity index (χ4n) is 1.97. The monoisotopic (exact) mass is 424 g/mol. The van der Waals surface area contributed by atoms with Crippen molar-refractivity contribution in [3.05, 3.63) is 16.6 Å². The van der Waals surface area contributed by atoms with Gasteiger partial charge in [0.2, 0.25) is 0 Å². The molecule has 0 fully saturated rings. The van der Waals surface area contributed by atoms with Crippen molar-refractivity contribution in [2.75, 3.05) is 13.1 Å². The minimum Gasteiger partial charge on any atom is -0.370 e. The molecule has 0 aliphatic heterocycles. The molecule has 0 aliphatic rings. The van der Waals surface area contributed by atoms with Gasteiger partial charge in [0.15, 0.2) is 5.96 Å². The number of halogens is 1. The molecule has 1 rings (SSSR count). The topological polar surface area (TPSA) is 63.3 Å². The molecule has 6 heteroatoms. The number of aromatic nitrogens is 1. The molecule has 122 valence electrons. The predicted octanol–water partition coefficient (Wildman–Crippen LogP) is 4.13. The summed E-state index contributed by atoms with van der Waals surface area (Å²) in [4.78, 5) is 8.67. The van der Waals surface area contributed by atoms with Crippen LogP contribution in [0.15, 0.2) is 16.6 Å². The number of hydrogen-bond donors (Lipinski definition) is 2. The fourth-order valence-corrected chi connectivity index (χ4v) is 2.66. The Labute approximate surface area is 150 Å². The third-order valence-corrected chi connectivity index (χ3v) is 4.25. The summed E-state index contributed by atoms with van der Waals surface area (Å²) in [6.45, 7) is 5.99. The highest BCUT2D eigenvalue weighted by atomic mass is 127. The highest BCUT2D eigenvalue weighted by Crippen LogP contribution is 2.17. The summed E-state index contributed by atoms with van der Waals surface area (Å²) in [6, 6.07) is 0. The number of rotatable bonds is 10. The van der Waals surface area contributed by atoms with Crippen LogP contribution in [0.5, 0.6) is 0 Å². The maximum absolute atomic E-state index is 5.86. The summed E-state index contributed by atoms with van der Waals surface area (Å²) in [7, 11) is 0. The van der Waals surface area contributed by atoms with Crippen LogP contribution in [0.2, 0.25) is 0 Å². The van der Waals surface area contributed by atoms with Crippen molar-refractivity contribution in [2.24, 2.45) is 10.7 Å². The smallest absolute Gasteiger partial charge is 0.188 e. The van der Waals surface area contributed by atoms with Gasteiger partial charge in [0, 0.05) is 24.0 Å². The van der Waals surface area contributed by atoms with Crippen LogP contribution in [0, 0.1) is 0 Å². The number of nitrogens with two attached hydrogens (primary N) is 1. The third kappa shape index (κ3) is 10.1. The average Bonchev–Trinajstić information content (AvgIpc) is 2.98. The molecule has 1 aromatic heterocycles. The van der Waals surface area contributed by atoms with Crippen molar-refractivity contribution in [2.45, 2.75) is 58.3 Å². The van der Waals surface area contributed by atoms with Crippen LogP contribution in [0.4, 0.5) is 0 Å². The minimum absolute atomic E-state index is 0. The van der Waals surface area contributed by atoms with Crippen LogP contribution >= 0.6 is 35.3 Å². The Morgan fingerprint density at radius 2 is 2.05 bits per heavy atom. The Morgan fingerprint density at radius 1 is 1.33 bits per heavy atom. The largest absolute Gasteiger partial charge is 0.370 e. The Kier molecular flexibility index (Phi) is 13.1. The van der Waals surface area contributed by atoms with Crippen LogP contribution < -0.4 is 11.1 Å². The van der Waals surface area contributed by atoms with E-state index in [1.165, 1.54) is 38.5 Å². The van der Waals surface area contributed by atoms with E-state index >= 15 is 0 Å². The van der Waals surface area contributed by atoms with Gasteiger partial charge in [0.1, 0.15) is 0 Å². The van der Waals surface area contributed by atoms with Crippen LogP contribution in [0.1, 0.15) is 63.3 Å². The Morgan fingerprint density at radius 3 is 2.71 bits per heavy atom. The number of nitrogens with one attached hydrogen (secondary N) is 1. The zero-order valence-corrected chi connectivity index (χ0v) is 16.3. The first kappa shape index (κ1) is 20.6. The van der Waals surface area contributed by atoms with E-state index < -0.39 is 0 Å². The van der Waals surface area contributed by atoms with Crippen molar-refractivity contribution < 1.29 is 0 Å². The van der Waals surface area contributed by atoms with E-state index in [4.69, 9.17) is 5.73 Å². The Hall–Kier alpha value is -0.370. The summed E-state index contributed by atoms with van der Waals surface area (Å²) in [5, 5.41) is 6.30. The first-order valence-corrected chi connectivity index (χ1v) is 8.55. The van der Waals surface area contributed by atoms with E-state index in [1.807, 2.05) is 11.6 Å². The minimum atomic E-state index is 0. The maximum atomic E-state index is 5.86. The third-order valence-electron chi connectivity index (χ3n) is 3.24. The van der Waals surface area contributed by atoms with Gasteiger partial charge < -0.3 is 11.1 Å². The molecule has 0 aromatic carbocycles. The van der Waals surface area contributed by atoms with Gasteiger partial charge in [-0.15, -0.1) is 35.3 Å². The second kappa shape index (κ2) is 13.3. The van der Waals surface area contributed by atoms with Crippen molar-refractivity contribution in [1.82, 2.24) is 10.3 Å². The highest BCUT2D eigenvalue weighted by molar-refractivity contribution is 14.0. The van der Waals surface area contributed by atoms with E-state index in [0.717, 1.165) is 11.6 Å². The molecule has 1 heterocycles. The molecule has 1 aromatic rings. The molecule has 1 unspecified atom stereocenters. The standard InChI is InChI=1S/C15H28N4S.HI/c1-3-4-5-6-7-8-9-18-15(16)19-12-13(2)14-17-10-11-20-14;/h10-11,13H,3-9,12H2,1-2H3,(H3,16,18,19);1H. The van der Waals surface area contributed by atoms with Gasteiger partial charge in [-0.3, -0.25) is 4.99 Å². The van der Waals surface area contributed by atoms with E-state index in [1.54, 1.807) is 11.3 Å². The van der Waals surface area contributed by atoms with Crippen LogP contribution in [0.25, 0.3) is 0 Å². The van der Waals surface area contributed by atoms with E-state index in [9.17, 15) is 0 Å². The summed E-state index contributed by atoms with van der Waals surface area (Å²) in [5.41, 5.74) is 5.86. The van der Waals surface area contributed by atoms with Gasteiger partial charge in [0.05, 0.1) is 11.6 Å².